The van der Waals surface area contributed by atoms with Crippen LogP contribution >= 0.6 is 0 Å². The molecule has 6 heteroatoms. The van der Waals surface area contributed by atoms with Crippen molar-refractivity contribution < 1.29 is 4.79 Å². The van der Waals surface area contributed by atoms with E-state index in [1.165, 1.54) is 0 Å². The smallest absolute Gasteiger partial charge is 0.222 e. The van der Waals surface area contributed by atoms with E-state index in [0.29, 0.717) is 13.0 Å². The lowest BCUT2D eigenvalue weighted by Crippen LogP contribution is -2.29. The largest absolute Gasteiger partial charge is 0.349 e. The summed E-state index contributed by atoms with van der Waals surface area (Å²) in [7, 11) is 1.90. The Balaban J connectivity index is 1.64. The molecule has 0 aliphatic rings. The summed E-state index contributed by atoms with van der Waals surface area (Å²) < 4.78 is 3.68. The van der Waals surface area contributed by atoms with Gasteiger partial charge in [-0.05, 0) is 18.9 Å². The average molecular weight is 325 g/mol. The normalized spacial score (nSPS) is 12.5. The fourth-order valence-corrected chi connectivity index (χ4v) is 3.06. The zero-order valence-electron chi connectivity index (χ0n) is 14.4. The van der Waals surface area contributed by atoms with E-state index in [0.717, 1.165) is 28.7 Å². The van der Waals surface area contributed by atoms with Crippen LogP contribution in [-0.4, -0.2) is 25.5 Å². The molecule has 3 rings (SSSR count). The summed E-state index contributed by atoms with van der Waals surface area (Å²) in [5.41, 5.74) is 4.06. The second-order valence-electron chi connectivity index (χ2n) is 6.00. The molecule has 0 radical (unpaired) electrons. The molecule has 0 aliphatic heterocycles. The molecule has 6 nitrogen and oxygen atoms in total. The Morgan fingerprint density at radius 1 is 1.29 bits per heavy atom. The lowest BCUT2D eigenvalue weighted by molar-refractivity contribution is -0.122. The maximum atomic E-state index is 12.3. The molecule has 1 aromatic carbocycles. The van der Waals surface area contributed by atoms with Crippen molar-refractivity contribution in [3.63, 3.8) is 0 Å². The van der Waals surface area contributed by atoms with E-state index in [2.05, 4.69) is 22.4 Å². The molecule has 2 heterocycles. The van der Waals surface area contributed by atoms with Gasteiger partial charge in [-0.1, -0.05) is 37.3 Å². The zero-order valence-corrected chi connectivity index (χ0v) is 14.4. The monoisotopic (exact) mass is 325 g/mol. The van der Waals surface area contributed by atoms with Crippen LogP contribution in [0, 0.1) is 6.92 Å². The number of rotatable bonds is 6. The molecular weight excluding hydrogens is 302 g/mol. The predicted octanol–water partition coefficient (Wildman–Crippen LogP) is 2.74. The topological polar surface area (TPSA) is 64.7 Å². The summed E-state index contributed by atoms with van der Waals surface area (Å²) >= 11 is 0. The molecule has 1 amide bonds. The van der Waals surface area contributed by atoms with Crippen LogP contribution in [0.3, 0.4) is 0 Å². The molecule has 0 spiro atoms. The molecule has 2 aromatic heterocycles. The summed E-state index contributed by atoms with van der Waals surface area (Å²) in [4.78, 5) is 12.3. The van der Waals surface area contributed by atoms with Crippen molar-refractivity contribution in [2.75, 3.05) is 0 Å². The van der Waals surface area contributed by atoms with E-state index < -0.39 is 0 Å². The number of carbonyl (C=O) groups excluding carboxylic acids is 1. The van der Waals surface area contributed by atoms with Crippen LogP contribution in [0.1, 0.15) is 37.1 Å². The number of fused-ring (bicyclic) bond motifs is 1. The molecule has 3 aromatic rings. The van der Waals surface area contributed by atoms with Crippen LogP contribution in [0.15, 0.2) is 36.5 Å². The predicted molar refractivity (Wildman–Crippen MR) is 93.5 cm³/mol. The van der Waals surface area contributed by atoms with Crippen molar-refractivity contribution in [1.29, 1.82) is 0 Å². The average Bonchev–Trinajstić information content (AvgIpc) is 3.14. The third-order valence-electron chi connectivity index (χ3n) is 4.31. The Morgan fingerprint density at radius 3 is 2.75 bits per heavy atom. The minimum atomic E-state index is 0.0379. The first-order valence-corrected chi connectivity index (χ1v) is 8.29. The van der Waals surface area contributed by atoms with Crippen LogP contribution < -0.4 is 5.32 Å². The van der Waals surface area contributed by atoms with Crippen LogP contribution in [-0.2, 0) is 18.4 Å². The van der Waals surface area contributed by atoms with Gasteiger partial charge >= 0.3 is 0 Å². The first kappa shape index (κ1) is 16.2. The number of aryl methyl sites for hydroxylation is 3. The van der Waals surface area contributed by atoms with Gasteiger partial charge in [0.1, 0.15) is 11.0 Å². The van der Waals surface area contributed by atoms with E-state index in [-0.39, 0.29) is 11.9 Å². The van der Waals surface area contributed by atoms with Gasteiger partial charge in [0.25, 0.3) is 0 Å². The molecule has 0 aliphatic carbocycles. The van der Waals surface area contributed by atoms with Gasteiger partial charge in [-0.2, -0.15) is 10.2 Å². The van der Waals surface area contributed by atoms with Crippen molar-refractivity contribution in [2.45, 2.75) is 39.3 Å². The molecule has 0 saturated carbocycles. The standard InChI is InChI=1S/C18H23N5O/c1-4-15(14-8-6-5-7-9-14)20-17(24)10-11-23-18-13(2)21-22(3)16(18)12-19-23/h5-9,12,15H,4,10-11H2,1-3H3,(H,20,24). The van der Waals surface area contributed by atoms with Crippen molar-refractivity contribution in [3.8, 4) is 0 Å². The highest BCUT2D eigenvalue weighted by Gasteiger charge is 2.15. The fraction of sp³-hybridized carbons (Fsp3) is 0.389. The van der Waals surface area contributed by atoms with Gasteiger partial charge in [0.2, 0.25) is 5.91 Å². The molecule has 0 fully saturated rings. The van der Waals surface area contributed by atoms with E-state index in [4.69, 9.17) is 0 Å². The van der Waals surface area contributed by atoms with Crippen LogP contribution in [0.4, 0.5) is 0 Å². The van der Waals surface area contributed by atoms with Gasteiger partial charge in [0.15, 0.2) is 0 Å². The maximum Gasteiger partial charge on any atom is 0.222 e. The molecule has 24 heavy (non-hydrogen) atoms. The van der Waals surface area contributed by atoms with E-state index in [9.17, 15) is 4.79 Å². The molecule has 1 N–H and O–H groups in total. The van der Waals surface area contributed by atoms with Crippen molar-refractivity contribution in [3.05, 3.63) is 47.8 Å². The quantitative estimate of drug-likeness (QED) is 0.758. The highest BCUT2D eigenvalue weighted by atomic mass is 16.1. The van der Waals surface area contributed by atoms with Gasteiger partial charge in [-0.25, -0.2) is 0 Å². The number of benzene rings is 1. The Kier molecular flexibility index (Phi) is 4.64. The van der Waals surface area contributed by atoms with Gasteiger partial charge < -0.3 is 5.32 Å². The van der Waals surface area contributed by atoms with Gasteiger partial charge in [0, 0.05) is 13.5 Å². The van der Waals surface area contributed by atoms with Crippen LogP contribution in [0.5, 0.6) is 0 Å². The van der Waals surface area contributed by atoms with Crippen LogP contribution in [0.25, 0.3) is 11.0 Å². The third-order valence-corrected chi connectivity index (χ3v) is 4.31. The number of nitrogens with one attached hydrogen (secondary N) is 1. The first-order chi connectivity index (χ1) is 11.6. The number of hydrogen-bond acceptors (Lipinski definition) is 3. The van der Waals surface area contributed by atoms with E-state index in [1.807, 2.05) is 53.7 Å². The SMILES string of the molecule is CCC(NC(=O)CCn1ncc2c1c(C)nn2C)c1ccccc1. The third kappa shape index (κ3) is 3.18. The van der Waals surface area contributed by atoms with Crippen molar-refractivity contribution in [1.82, 2.24) is 24.9 Å². The van der Waals surface area contributed by atoms with Gasteiger partial charge in [0.05, 0.1) is 24.5 Å². The molecule has 0 saturated heterocycles. The second-order valence-corrected chi connectivity index (χ2v) is 6.00. The number of carbonyl (C=O) groups is 1. The summed E-state index contributed by atoms with van der Waals surface area (Å²) in [6.07, 6.45) is 3.06. The minimum absolute atomic E-state index is 0.0379. The highest BCUT2D eigenvalue weighted by molar-refractivity contribution is 5.79. The van der Waals surface area contributed by atoms with Crippen LogP contribution in [0.2, 0.25) is 0 Å². The number of aromatic nitrogens is 4. The molecule has 126 valence electrons. The molecule has 1 atom stereocenters. The lowest BCUT2D eigenvalue weighted by atomic mass is 10.0. The summed E-state index contributed by atoms with van der Waals surface area (Å²) in [5.74, 6) is 0.0379. The number of hydrogen-bond donors (Lipinski definition) is 1. The Labute approximate surface area is 141 Å². The zero-order chi connectivity index (χ0) is 17.1. The maximum absolute atomic E-state index is 12.3. The summed E-state index contributed by atoms with van der Waals surface area (Å²) in [5, 5.41) is 11.9. The molecular formula is C18H23N5O. The van der Waals surface area contributed by atoms with Crippen molar-refractivity contribution >= 4 is 16.9 Å². The van der Waals surface area contributed by atoms with E-state index in [1.54, 1.807) is 6.20 Å². The van der Waals surface area contributed by atoms with Gasteiger partial charge in [-0.15, -0.1) is 0 Å². The Hall–Kier alpha value is -2.63. The Morgan fingerprint density at radius 2 is 2.04 bits per heavy atom. The minimum Gasteiger partial charge on any atom is -0.349 e. The number of nitrogens with zero attached hydrogens (tertiary/aromatic N) is 4. The van der Waals surface area contributed by atoms with Gasteiger partial charge in [-0.3, -0.25) is 14.2 Å². The molecule has 1 unspecified atom stereocenters. The van der Waals surface area contributed by atoms with E-state index >= 15 is 0 Å². The summed E-state index contributed by atoms with van der Waals surface area (Å²) in [6.45, 7) is 4.59. The van der Waals surface area contributed by atoms with Crippen molar-refractivity contribution in [2.24, 2.45) is 7.05 Å². The highest BCUT2D eigenvalue weighted by Crippen LogP contribution is 2.18. The fourth-order valence-electron chi connectivity index (χ4n) is 3.06. The Bertz CT molecular complexity index is 834. The summed E-state index contributed by atoms with van der Waals surface area (Å²) in [6, 6.07) is 10.1. The lowest BCUT2D eigenvalue weighted by Gasteiger charge is -2.17. The first-order valence-electron chi connectivity index (χ1n) is 8.29. The second kappa shape index (κ2) is 6.86. The molecule has 0 bridgehead atoms. The number of amides is 1.